The molecule has 1 saturated carbocycles. The first-order valence-corrected chi connectivity index (χ1v) is 7.75. The van der Waals surface area contributed by atoms with Gasteiger partial charge >= 0.3 is 0 Å². The van der Waals surface area contributed by atoms with E-state index < -0.39 is 0 Å². The second-order valence-corrected chi connectivity index (χ2v) is 6.18. The minimum atomic E-state index is 0.135. The van der Waals surface area contributed by atoms with Gasteiger partial charge in [-0.15, -0.1) is 0 Å². The van der Waals surface area contributed by atoms with Crippen molar-refractivity contribution in [2.75, 3.05) is 0 Å². The number of benzene rings is 2. The van der Waals surface area contributed by atoms with Gasteiger partial charge in [0.1, 0.15) is 5.75 Å². The molecule has 21 heavy (non-hydrogen) atoms. The molecular weight excluding hydrogens is 258 g/mol. The van der Waals surface area contributed by atoms with Crippen molar-refractivity contribution in [3.8, 4) is 5.75 Å². The van der Waals surface area contributed by atoms with E-state index in [2.05, 4.69) is 55.6 Å². The highest BCUT2D eigenvalue weighted by molar-refractivity contribution is 5.38. The molecule has 3 rings (SSSR count). The molecule has 0 amide bonds. The van der Waals surface area contributed by atoms with Crippen LogP contribution in [0.3, 0.4) is 0 Å². The lowest BCUT2D eigenvalue weighted by Crippen LogP contribution is -2.26. The van der Waals surface area contributed by atoms with E-state index in [0.29, 0.717) is 11.8 Å². The van der Waals surface area contributed by atoms with Crippen molar-refractivity contribution in [2.45, 2.75) is 38.8 Å². The molecule has 1 aliphatic rings. The highest BCUT2D eigenvalue weighted by Gasteiger charge is 2.33. The summed E-state index contributed by atoms with van der Waals surface area (Å²) in [7, 11) is 0. The number of aromatic hydroxyl groups is 1. The number of phenolic OH excluding ortho intramolecular Hbond substituents is 1. The van der Waals surface area contributed by atoms with Crippen LogP contribution in [-0.2, 0) is 0 Å². The van der Waals surface area contributed by atoms with Crippen molar-refractivity contribution < 1.29 is 5.11 Å². The lowest BCUT2D eigenvalue weighted by molar-refractivity contribution is 0.407. The lowest BCUT2D eigenvalue weighted by atomic mass is 9.98. The highest BCUT2D eigenvalue weighted by Crippen LogP contribution is 2.42. The molecule has 0 saturated heterocycles. The van der Waals surface area contributed by atoms with Crippen molar-refractivity contribution in [1.82, 2.24) is 5.32 Å². The van der Waals surface area contributed by atoms with E-state index in [1.54, 1.807) is 6.07 Å². The van der Waals surface area contributed by atoms with Gasteiger partial charge in [0.05, 0.1) is 0 Å². The third-order valence-electron chi connectivity index (χ3n) is 4.33. The molecule has 0 aromatic heterocycles. The Morgan fingerprint density at radius 2 is 1.81 bits per heavy atom. The number of phenols is 1. The van der Waals surface area contributed by atoms with E-state index in [0.717, 1.165) is 11.5 Å². The Morgan fingerprint density at radius 3 is 2.48 bits per heavy atom. The van der Waals surface area contributed by atoms with E-state index in [-0.39, 0.29) is 6.04 Å². The van der Waals surface area contributed by atoms with Gasteiger partial charge in [0.15, 0.2) is 0 Å². The van der Waals surface area contributed by atoms with E-state index in [4.69, 9.17) is 0 Å². The van der Waals surface area contributed by atoms with Gasteiger partial charge in [-0.2, -0.15) is 0 Å². The summed E-state index contributed by atoms with van der Waals surface area (Å²) in [5, 5.41) is 13.8. The van der Waals surface area contributed by atoms with Crippen LogP contribution in [0.4, 0.5) is 0 Å². The van der Waals surface area contributed by atoms with Crippen LogP contribution in [0.15, 0.2) is 48.5 Å². The van der Waals surface area contributed by atoms with Crippen LogP contribution in [0, 0.1) is 12.8 Å². The monoisotopic (exact) mass is 281 g/mol. The third kappa shape index (κ3) is 3.27. The first kappa shape index (κ1) is 14.2. The van der Waals surface area contributed by atoms with Crippen molar-refractivity contribution in [2.24, 2.45) is 5.92 Å². The predicted octanol–water partition coefficient (Wildman–Crippen LogP) is 4.50. The van der Waals surface area contributed by atoms with E-state index >= 15 is 0 Å². The Bertz CT molecular complexity index is 604. The van der Waals surface area contributed by atoms with Gasteiger partial charge in [-0.25, -0.2) is 0 Å². The number of aryl methyl sites for hydroxylation is 1. The van der Waals surface area contributed by atoms with Crippen LogP contribution in [0.25, 0.3) is 0 Å². The SMILES string of the molecule is Cc1ccc(O)c(C(C)NC(c2ccccc2)C2CC2)c1. The summed E-state index contributed by atoms with van der Waals surface area (Å²) < 4.78 is 0. The number of rotatable bonds is 5. The minimum Gasteiger partial charge on any atom is -0.508 e. The Balaban J connectivity index is 1.81. The smallest absolute Gasteiger partial charge is 0.120 e. The maximum absolute atomic E-state index is 10.1. The molecule has 2 N–H and O–H groups in total. The molecule has 110 valence electrons. The maximum Gasteiger partial charge on any atom is 0.120 e. The first-order chi connectivity index (χ1) is 10.1. The Labute approximate surface area is 126 Å². The van der Waals surface area contributed by atoms with Gasteiger partial charge in [-0.3, -0.25) is 0 Å². The zero-order valence-electron chi connectivity index (χ0n) is 12.7. The van der Waals surface area contributed by atoms with Crippen molar-refractivity contribution in [3.05, 3.63) is 65.2 Å². The molecule has 0 bridgehead atoms. The van der Waals surface area contributed by atoms with Crippen LogP contribution in [0.5, 0.6) is 5.75 Å². The second-order valence-electron chi connectivity index (χ2n) is 6.18. The molecule has 2 atom stereocenters. The fourth-order valence-corrected chi connectivity index (χ4v) is 2.97. The van der Waals surface area contributed by atoms with Gasteiger partial charge < -0.3 is 10.4 Å². The van der Waals surface area contributed by atoms with Gasteiger partial charge in [0.25, 0.3) is 0 Å². The topological polar surface area (TPSA) is 32.3 Å². The summed E-state index contributed by atoms with van der Waals surface area (Å²) >= 11 is 0. The van der Waals surface area contributed by atoms with E-state index in [1.165, 1.54) is 24.0 Å². The predicted molar refractivity (Wildman–Crippen MR) is 86.3 cm³/mol. The molecule has 2 aromatic rings. The zero-order chi connectivity index (χ0) is 14.8. The van der Waals surface area contributed by atoms with Gasteiger partial charge in [0.2, 0.25) is 0 Å². The van der Waals surface area contributed by atoms with E-state index in [1.807, 2.05) is 6.07 Å². The Kier molecular flexibility index (Phi) is 3.98. The number of hydrogen-bond acceptors (Lipinski definition) is 2. The maximum atomic E-state index is 10.1. The van der Waals surface area contributed by atoms with Crippen molar-refractivity contribution in [1.29, 1.82) is 0 Å². The molecule has 2 heteroatoms. The van der Waals surface area contributed by atoms with Crippen LogP contribution in [-0.4, -0.2) is 5.11 Å². The second kappa shape index (κ2) is 5.90. The average molecular weight is 281 g/mol. The summed E-state index contributed by atoms with van der Waals surface area (Å²) in [5.74, 6) is 1.10. The summed E-state index contributed by atoms with van der Waals surface area (Å²) in [6.07, 6.45) is 2.58. The fraction of sp³-hybridized carbons (Fsp3) is 0.368. The molecule has 2 unspecified atom stereocenters. The Morgan fingerprint density at radius 1 is 1.10 bits per heavy atom. The van der Waals surface area contributed by atoms with Crippen molar-refractivity contribution >= 4 is 0 Å². The van der Waals surface area contributed by atoms with E-state index in [9.17, 15) is 5.11 Å². The largest absolute Gasteiger partial charge is 0.508 e. The quantitative estimate of drug-likeness (QED) is 0.845. The van der Waals surface area contributed by atoms with Gasteiger partial charge in [-0.1, -0.05) is 48.0 Å². The molecule has 0 aliphatic heterocycles. The van der Waals surface area contributed by atoms with Crippen LogP contribution >= 0.6 is 0 Å². The van der Waals surface area contributed by atoms with Crippen LogP contribution in [0.1, 0.15) is 48.5 Å². The average Bonchev–Trinajstić information content (AvgIpc) is 3.32. The standard InChI is InChI=1S/C19H23NO/c1-13-8-11-18(21)17(12-13)14(2)20-19(16-9-10-16)15-6-4-3-5-7-15/h3-8,11-12,14,16,19-21H,9-10H2,1-2H3. The molecule has 1 fully saturated rings. The Hall–Kier alpha value is -1.80. The normalized spacial score (nSPS) is 17.4. The summed E-state index contributed by atoms with van der Waals surface area (Å²) in [4.78, 5) is 0. The molecular formula is C19H23NO. The van der Waals surface area contributed by atoms with Crippen LogP contribution < -0.4 is 5.32 Å². The molecule has 0 spiro atoms. The van der Waals surface area contributed by atoms with Gasteiger partial charge in [-0.05, 0) is 44.2 Å². The van der Waals surface area contributed by atoms with Crippen molar-refractivity contribution in [3.63, 3.8) is 0 Å². The molecule has 2 aromatic carbocycles. The molecule has 1 aliphatic carbocycles. The first-order valence-electron chi connectivity index (χ1n) is 7.75. The molecule has 2 nitrogen and oxygen atoms in total. The minimum absolute atomic E-state index is 0.135. The highest BCUT2D eigenvalue weighted by atomic mass is 16.3. The van der Waals surface area contributed by atoms with Gasteiger partial charge in [0, 0.05) is 17.6 Å². The zero-order valence-corrected chi connectivity index (χ0v) is 12.7. The third-order valence-corrected chi connectivity index (χ3v) is 4.33. The summed E-state index contributed by atoms with van der Waals surface area (Å²) in [5.41, 5.74) is 3.51. The molecule has 0 heterocycles. The molecule has 0 radical (unpaired) electrons. The summed E-state index contributed by atoms with van der Waals surface area (Å²) in [6, 6.07) is 17.0. The number of hydrogen-bond donors (Lipinski definition) is 2. The fourth-order valence-electron chi connectivity index (χ4n) is 2.97. The van der Waals surface area contributed by atoms with Crippen LogP contribution in [0.2, 0.25) is 0 Å². The lowest BCUT2D eigenvalue weighted by Gasteiger charge is -2.25. The summed E-state index contributed by atoms with van der Waals surface area (Å²) in [6.45, 7) is 4.19. The number of nitrogens with one attached hydrogen (secondary N) is 1.